The first kappa shape index (κ1) is 19.2. The minimum absolute atomic E-state index is 0.347. The van der Waals surface area contributed by atoms with Gasteiger partial charge in [-0.15, -0.1) is 0 Å². The van der Waals surface area contributed by atoms with Crippen molar-refractivity contribution in [3.05, 3.63) is 90.1 Å². The molecule has 1 atom stereocenters. The number of nitrogens with zero attached hydrogens (tertiary/aromatic N) is 1. The lowest BCUT2D eigenvalue weighted by molar-refractivity contribution is 0.208. The molecule has 0 bridgehead atoms. The Balaban J connectivity index is 1.73. The number of allylic oxidation sites excluding steroid dienone is 2. The second-order valence-corrected chi connectivity index (χ2v) is 7.02. The predicted octanol–water partition coefficient (Wildman–Crippen LogP) is 6.20. The molecule has 0 saturated carbocycles. The van der Waals surface area contributed by atoms with Gasteiger partial charge in [0.25, 0.3) is 0 Å². The summed E-state index contributed by atoms with van der Waals surface area (Å²) >= 11 is 0. The standard InChI is InChI=1S/C25H29NO/c1-2-3-5-15-23(27)16-9-8-14-22-20-26(19-21-12-6-4-7-13-21)25-18-11-10-17-24(22)25/h4,6-14,16-18,20,23,27H,2-3,5,15,19H2,1H3/b14-8+,16-9+. The van der Waals surface area contributed by atoms with Crippen molar-refractivity contribution < 1.29 is 5.11 Å². The first-order valence-electron chi connectivity index (χ1n) is 9.92. The van der Waals surface area contributed by atoms with E-state index in [1.165, 1.54) is 34.9 Å². The molecule has 2 heteroatoms. The summed E-state index contributed by atoms with van der Waals surface area (Å²) in [6.07, 6.45) is 14.1. The lowest BCUT2D eigenvalue weighted by Gasteiger charge is -2.05. The number of hydrogen-bond acceptors (Lipinski definition) is 1. The Labute approximate surface area is 162 Å². The van der Waals surface area contributed by atoms with E-state index < -0.39 is 0 Å². The third-order valence-corrected chi connectivity index (χ3v) is 4.84. The Bertz CT molecular complexity index is 889. The highest BCUT2D eigenvalue weighted by molar-refractivity contribution is 5.89. The van der Waals surface area contributed by atoms with Crippen LogP contribution in [-0.4, -0.2) is 15.8 Å². The van der Waals surface area contributed by atoms with Gasteiger partial charge in [-0.2, -0.15) is 0 Å². The fourth-order valence-corrected chi connectivity index (χ4v) is 3.37. The number of benzene rings is 2. The Morgan fingerprint density at radius 1 is 0.963 bits per heavy atom. The molecule has 1 aromatic heterocycles. The van der Waals surface area contributed by atoms with Crippen LogP contribution in [0.5, 0.6) is 0 Å². The molecule has 1 unspecified atom stereocenters. The molecular formula is C25H29NO. The average molecular weight is 360 g/mol. The third-order valence-electron chi connectivity index (χ3n) is 4.84. The summed E-state index contributed by atoms with van der Waals surface area (Å²) in [6, 6.07) is 19.0. The molecule has 0 radical (unpaired) electrons. The molecule has 0 fully saturated rings. The first-order valence-corrected chi connectivity index (χ1v) is 9.92. The van der Waals surface area contributed by atoms with Crippen LogP contribution < -0.4 is 0 Å². The van der Waals surface area contributed by atoms with Crippen molar-refractivity contribution in [1.82, 2.24) is 4.57 Å². The summed E-state index contributed by atoms with van der Waals surface area (Å²) < 4.78 is 2.30. The van der Waals surface area contributed by atoms with Gasteiger partial charge in [-0.3, -0.25) is 0 Å². The molecule has 1 heterocycles. The van der Waals surface area contributed by atoms with E-state index in [1.54, 1.807) is 0 Å². The maximum Gasteiger partial charge on any atom is 0.0723 e. The molecule has 0 aliphatic heterocycles. The van der Waals surface area contributed by atoms with Crippen LogP contribution in [0.4, 0.5) is 0 Å². The van der Waals surface area contributed by atoms with Crippen LogP contribution in [0.15, 0.2) is 79.0 Å². The quantitative estimate of drug-likeness (QED) is 0.357. The van der Waals surface area contributed by atoms with Gasteiger partial charge in [-0.25, -0.2) is 0 Å². The zero-order chi connectivity index (χ0) is 18.9. The second-order valence-electron chi connectivity index (χ2n) is 7.02. The van der Waals surface area contributed by atoms with Crippen LogP contribution in [-0.2, 0) is 6.54 Å². The van der Waals surface area contributed by atoms with Gasteiger partial charge in [0, 0.05) is 23.6 Å². The number of hydrogen-bond donors (Lipinski definition) is 1. The molecule has 0 aliphatic carbocycles. The molecule has 2 nitrogen and oxygen atoms in total. The Morgan fingerprint density at radius 2 is 1.74 bits per heavy atom. The summed E-state index contributed by atoms with van der Waals surface area (Å²) in [5.74, 6) is 0. The van der Waals surface area contributed by atoms with Gasteiger partial charge in [0.15, 0.2) is 0 Å². The van der Waals surface area contributed by atoms with Gasteiger partial charge in [0.05, 0.1) is 6.10 Å². The molecule has 27 heavy (non-hydrogen) atoms. The van der Waals surface area contributed by atoms with Crippen molar-refractivity contribution >= 4 is 17.0 Å². The highest BCUT2D eigenvalue weighted by Crippen LogP contribution is 2.23. The molecule has 1 N–H and O–H groups in total. The average Bonchev–Trinajstić information content (AvgIpc) is 3.04. The van der Waals surface area contributed by atoms with Crippen LogP contribution in [0.3, 0.4) is 0 Å². The molecule has 0 amide bonds. The number of aliphatic hydroxyl groups excluding tert-OH is 1. The van der Waals surface area contributed by atoms with Crippen molar-refractivity contribution in [2.24, 2.45) is 0 Å². The largest absolute Gasteiger partial charge is 0.389 e. The number of para-hydroxylation sites is 1. The summed E-state index contributed by atoms with van der Waals surface area (Å²) in [6.45, 7) is 3.04. The van der Waals surface area contributed by atoms with E-state index in [4.69, 9.17) is 0 Å². The van der Waals surface area contributed by atoms with E-state index >= 15 is 0 Å². The van der Waals surface area contributed by atoms with Crippen molar-refractivity contribution in [2.75, 3.05) is 0 Å². The van der Waals surface area contributed by atoms with E-state index in [9.17, 15) is 5.11 Å². The first-order chi connectivity index (χ1) is 13.3. The van der Waals surface area contributed by atoms with Gasteiger partial charge in [-0.05, 0) is 23.6 Å². The van der Waals surface area contributed by atoms with Crippen LogP contribution in [0.1, 0.15) is 43.7 Å². The molecular weight excluding hydrogens is 330 g/mol. The van der Waals surface area contributed by atoms with Crippen LogP contribution in [0, 0.1) is 0 Å². The molecule has 0 saturated heterocycles. The van der Waals surface area contributed by atoms with Crippen LogP contribution in [0.2, 0.25) is 0 Å². The van der Waals surface area contributed by atoms with Crippen molar-refractivity contribution in [2.45, 2.75) is 45.3 Å². The van der Waals surface area contributed by atoms with Crippen molar-refractivity contribution in [1.29, 1.82) is 0 Å². The lowest BCUT2D eigenvalue weighted by atomic mass is 10.1. The molecule has 2 aromatic carbocycles. The number of fused-ring (bicyclic) bond motifs is 1. The number of rotatable bonds is 9. The molecule has 140 valence electrons. The highest BCUT2D eigenvalue weighted by atomic mass is 16.3. The normalized spacial score (nSPS) is 13.1. The Kier molecular flexibility index (Phi) is 7.06. The molecule has 0 aliphatic rings. The Hall–Kier alpha value is -2.58. The molecule has 3 rings (SSSR count). The van der Waals surface area contributed by atoms with E-state index in [2.05, 4.69) is 78.4 Å². The maximum absolute atomic E-state index is 9.99. The SMILES string of the molecule is CCCCCC(O)/C=C/C=C/c1cn(Cc2ccccc2)c2ccccc12. The minimum Gasteiger partial charge on any atom is -0.389 e. The topological polar surface area (TPSA) is 25.2 Å². The van der Waals surface area contributed by atoms with Gasteiger partial charge in [0.2, 0.25) is 0 Å². The highest BCUT2D eigenvalue weighted by Gasteiger charge is 2.06. The smallest absolute Gasteiger partial charge is 0.0723 e. The third kappa shape index (κ3) is 5.45. The minimum atomic E-state index is -0.347. The molecule has 0 spiro atoms. The van der Waals surface area contributed by atoms with Crippen molar-refractivity contribution in [3.8, 4) is 0 Å². The van der Waals surface area contributed by atoms with E-state index in [-0.39, 0.29) is 6.10 Å². The van der Waals surface area contributed by atoms with Gasteiger partial charge < -0.3 is 9.67 Å². The fourth-order valence-electron chi connectivity index (χ4n) is 3.37. The number of aliphatic hydroxyl groups is 1. The lowest BCUT2D eigenvalue weighted by Crippen LogP contribution is -2.00. The van der Waals surface area contributed by atoms with Gasteiger partial charge in [0.1, 0.15) is 0 Å². The molecule has 3 aromatic rings. The van der Waals surface area contributed by atoms with Crippen LogP contribution in [0.25, 0.3) is 17.0 Å². The Morgan fingerprint density at radius 3 is 2.56 bits per heavy atom. The summed E-state index contributed by atoms with van der Waals surface area (Å²) in [5, 5.41) is 11.2. The zero-order valence-corrected chi connectivity index (χ0v) is 16.1. The predicted molar refractivity (Wildman–Crippen MR) is 116 cm³/mol. The summed E-state index contributed by atoms with van der Waals surface area (Å²) in [7, 11) is 0. The zero-order valence-electron chi connectivity index (χ0n) is 16.1. The van der Waals surface area contributed by atoms with E-state index in [0.717, 1.165) is 19.4 Å². The fraction of sp³-hybridized carbons (Fsp3) is 0.280. The summed E-state index contributed by atoms with van der Waals surface area (Å²) in [4.78, 5) is 0. The van der Waals surface area contributed by atoms with Gasteiger partial charge >= 0.3 is 0 Å². The summed E-state index contributed by atoms with van der Waals surface area (Å²) in [5.41, 5.74) is 3.74. The number of aromatic nitrogens is 1. The van der Waals surface area contributed by atoms with Crippen LogP contribution >= 0.6 is 0 Å². The van der Waals surface area contributed by atoms with E-state index in [1.807, 2.05) is 18.2 Å². The van der Waals surface area contributed by atoms with Crippen molar-refractivity contribution in [3.63, 3.8) is 0 Å². The monoisotopic (exact) mass is 359 g/mol. The second kappa shape index (κ2) is 9.94. The maximum atomic E-state index is 9.99. The van der Waals surface area contributed by atoms with Gasteiger partial charge in [-0.1, -0.05) is 99.0 Å². The van der Waals surface area contributed by atoms with E-state index in [0.29, 0.717) is 0 Å². The number of unbranched alkanes of at least 4 members (excludes halogenated alkanes) is 2.